The van der Waals surface area contributed by atoms with Crippen molar-refractivity contribution in [2.75, 3.05) is 57.4 Å². The third-order valence-electron chi connectivity index (χ3n) is 9.01. The van der Waals surface area contributed by atoms with Crippen molar-refractivity contribution in [1.29, 1.82) is 0 Å². The van der Waals surface area contributed by atoms with Gasteiger partial charge in [0.25, 0.3) is 0 Å². The van der Waals surface area contributed by atoms with E-state index in [9.17, 15) is 38.8 Å². The Kier molecular flexibility index (Phi) is 14.3. The summed E-state index contributed by atoms with van der Waals surface area (Å²) in [4.78, 5) is 37.7. The zero-order chi connectivity index (χ0) is 35.5. The molecule has 0 radical (unpaired) electrons. The van der Waals surface area contributed by atoms with Crippen LogP contribution in [0.5, 0.6) is 11.5 Å². The van der Waals surface area contributed by atoms with E-state index in [1.807, 2.05) is 6.92 Å². The molecule has 3 heterocycles. The lowest BCUT2D eigenvalue weighted by Crippen LogP contribution is -2.50. The second kappa shape index (κ2) is 18.3. The van der Waals surface area contributed by atoms with E-state index in [-0.39, 0.29) is 31.9 Å². The Bertz CT molecular complexity index is 1340. The van der Waals surface area contributed by atoms with E-state index in [0.29, 0.717) is 30.6 Å². The Morgan fingerprint density at radius 3 is 2.24 bits per heavy atom. The molecule has 16 heteroatoms. The number of aliphatic hydroxyl groups is 5. The molecule has 0 bridgehead atoms. The zero-order valence-corrected chi connectivity index (χ0v) is 27.6. The first-order chi connectivity index (χ1) is 23.5. The third kappa shape index (κ3) is 10.6. The summed E-state index contributed by atoms with van der Waals surface area (Å²) in [5.74, 6) is -1.69. The van der Waals surface area contributed by atoms with Gasteiger partial charge in [0.05, 0.1) is 50.7 Å². The van der Waals surface area contributed by atoms with Crippen LogP contribution in [0.2, 0.25) is 0 Å². The number of nitrogens with zero attached hydrogens (tertiary/aromatic N) is 4. The molecule has 0 saturated carbocycles. The van der Waals surface area contributed by atoms with Gasteiger partial charge in [0.15, 0.2) is 5.75 Å². The molecule has 272 valence electrons. The predicted molar refractivity (Wildman–Crippen MR) is 172 cm³/mol. The van der Waals surface area contributed by atoms with Crippen LogP contribution >= 0.6 is 0 Å². The first kappa shape index (κ1) is 38.1. The standard InChI is InChI=1S/C33H47F2N5O9/c1-2-48-23-15-37-33(38-16-23)39-8-5-20(6-9-39)4-3-11-49-22-12-25(34)24(26(35)13-22)14-29(44)40-10-7-21(18-40)32(47)36-17-27(42)30(45)31(46)28(43)19-41/h12-13,15-16,20-21,27-28,30-31,41-43,45-46H,2-11,14,17-19H2,1H3,(H,36,47)/t21-,27?,28?,30?,31?/m0/s1. The van der Waals surface area contributed by atoms with Gasteiger partial charge < -0.3 is 50.1 Å². The molecule has 1 aromatic carbocycles. The SMILES string of the molecule is CCOc1cnc(N2CCC(CCCOc3cc(F)c(CC(=O)N4CC[C@H](C(=O)NCC(O)C(O)C(O)C(O)CO)C4)c(F)c3)CC2)nc1. The number of aromatic nitrogens is 2. The fourth-order valence-corrected chi connectivity index (χ4v) is 6.03. The van der Waals surface area contributed by atoms with Crippen molar-refractivity contribution in [2.24, 2.45) is 11.8 Å². The number of amides is 2. The number of hydrogen-bond donors (Lipinski definition) is 6. The lowest BCUT2D eigenvalue weighted by atomic mass is 9.92. The first-order valence-corrected chi connectivity index (χ1v) is 16.7. The van der Waals surface area contributed by atoms with Gasteiger partial charge >= 0.3 is 0 Å². The quantitative estimate of drug-likeness (QED) is 0.123. The van der Waals surface area contributed by atoms with Crippen LogP contribution in [0.25, 0.3) is 0 Å². The fraction of sp³-hybridized carbons (Fsp3) is 0.636. The second-order valence-corrected chi connectivity index (χ2v) is 12.5. The summed E-state index contributed by atoms with van der Waals surface area (Å²) in [6.07, 6.45) is -0.309. The van der Waals surface area contributed by atoms with E-state index in [4.69, 9.17) is 14.6 Å². The van der Waals surface area contributed by atoms with Crippen LogP contribution < -0.4 is 19.7 Å². The van der Waals surface area contributed by atoms with Crippen LogP contribution in [0, 0.1) is 23.5 Å². The van der Waals surface area contributed by atoms with E-state index in [1.165, 1.54) is 4.90 Å². The minimum atomic E-state index is -1.83. The molecular formula is C33H47F2N5O9. The van der Waals surface area contributed by atoms with Crippen molar-refractivity contribution < 1.29 is 53.4 Å². The number of nitrogens with one attached hydrogen (secondary N) is 1. The minimum Gasteiger partial charge on any atom is -0.493 e. The molecule has 1 aromatic heterocycles. The van der Waals surface area contributed by atoms with Crippen LogP contribution in [0.15, 0.2) is 24.5 Å². The fourth-order valence-electron chi connectivity index (χ4n) is 6.03. The van der Waals surface area contributed by atoms with E-state index in [0.717, 1.165) is 44.5 Å². The number of likely N-dealkylation sites (tertiary alicyclic amines) is 1. The van der Waals surface area contributed by atoms with Gasteiger partial charge in [-0.3, -0.25) is 9.59 Å². The second-order valence-electron chi connectivity index (χ2n) is 12.5. The number of halogens is 2. The highest BCUT2D eigenvalue weighted by Gasteiger charge is 2.34. The van der Waals surface area contributed by atoms with Crippen molar-refractivity contribution in [1.82, 2.24) is 20.2 Å². The molecule has 4 rings (SSSR count). The lowest BCUT2D eigenvalue weighted by molar-refractivity contribution is -0.131. The molecule has 2 aromatic rings. The normalized spacial score (nSPS) is 19.3. The molecule has 0 spiro atoms. The molecule has 2 fully saturated rings. The van der Waals surface area contributed by atoms with Gasteiger partial charge in [0.1, 0.15) is 35.7 Å². The predicted octanol–water partition coefficient (Wildman–Crippen LogP) is 0.172. The van der Waals surface area contributed by atoms with Gasteiger partial charge in [0.2, 0.25) is 17.8 Å². The largest absolute Gasteiger partial charge is 0.493 e. The highest BCUT2D eigenvalue weighted by atomic mass is 19.1. The highest BCUT2D eigenvalue weighted by molar-refractivity contribution is 5.83. The Morgan fingerprint density at radius 1 is 0.959 bits per heavy atom. The van der Waals surface area contributed by atoms with Crippen molar-refractivity contribution in [3.8, 4) is 11.5 Å². The molecule has 2 amide bonds. The van der Waals surface area contributed by atoms with Gasteiger partial charge in [-0.25, -0.2) is 18.7 Å². The van der Waals surface area contributed by atoms with Crippen molar-refractivity contribution in [3.05, 3.63) is 41.7 Å². The van der Waals surface area contributed by atoms with E-state index < -0.39 is 78.9 Å². The summed E-state index contributed by atoms with van der Waals surface area (Å²) in [7, 11) is 0. The molecule has 49 heavy (non-hydrogen) atoms. The average molecular weight is 696 g/mol. The van der Waals surface area contributed by atoms with Crippen LogP contribution in [0.4, 0.5) is 14.7 Å². The highest BCUT2D eigenvalue weighted by Crippen LogP contribution is 2.27. The Labute approximate surface area is 283 Å². The molecular weight excluding hydrogens is 648 g/mol. The van der Waals surface area contributed by atoms with Crippen molar-refractivity contribution in [2.45, 2.75) is 69.9 Å². The van der Waals surface area contributed by atoms with Gasteiger partial charge in [-0.2, -0.15) is 0 Å². The minimum absolute atomic E-state index is 0.00598. The Morgan fingerprint density at radius 2 is 1.61 bits per heavy atom. The van der Waals surface area contributed by atoms with Gasteiger partial charge in [0, 0.05) is 50.4 Å². The maximum Gasteiger partial charge on any atom is 0.227 e. The average Bonchev–Trinajstić information content (AvgIpc) is 3.61. The topological polar surface area (TPSA) is 198 Å². The van der Waals surface area contributed by atoms with Crippen LogP contribution in [0.3, 0.4) is 0 Å². The summed E-state index contributed by atoms with van der Waals surface area (Å²) >= 11 is 0. The lowest BCUT2D eigenvalue weighted by Gasteiger charge is -2.32. The number of aliphatic hydroxyl groups excluding tert-OH is 5. The summed E-state index contributed by atoms with van der Waals surface area (Å²) in [5.41, 5.74) is -0.394. The van der Waals surface area contributed by atoms with E-state index in [1.54, 1.807) is 12.4 Å². The van der Waals surface area contributed by atoms with Crippen LogP contribution in [-0.4, -0.2) is 129 Å². The van der Waals surface area contributed by atoms with E-state index in [2.05, 4.69) is 20.2 Å². The molecule has 2 aliphatic rings. The number of piperidine rings is 1. The molecule has 5 atom stereocenters. The number of anilines is 1. The molecule has 14 nitrogen and oxygen atoms in total. The van der Waals surface area contributed by atoms with Crippen molar-refractivity contribution in [3.63, 3.8) is 0 Å². The molecule has 4 unspecified atom stereocenters. The summed E-state index contributed by atoms with van der Waals surface area (Å²) in [6, 6.07) is 2.13. The number of hydrogen-bond acceptors (Lipinski definition) is 12. The molecule has 2 aliphatic heterocycles. The number of rotatable bonds is 17. The summed E-state index contributed by atoms with van der Waals surface area (Å²) in [6.45, 7) is 3.31. The first-order valence-electron chi connectivity index (χ1n) is 16.7. The van der Waals surface area contributed by atoms with Gasteiger partial charge in [-0.15, -0.1) is 0 Å². The molecule has 2 saturated heterocycles. The summed E-state index contributed by atoms with van der Waals surface area (Å²) in [5, 5.41) is 50.3. The van der Waals surface area contributed by atoms with Crippen LogP contribution in [0.1, 0.15) is 44.6 Å². The third-order valence-corrected chi connectivity index (χ3v) is 9.01. The van der Waals surface area contributed by atoms with Crippen LogP contribution in [-0.2, 0) is 16.0 Å². The smallest absolute Gasteiger partial charge is 0.227 e. The van der Waals surface area contributed by atoms with E-state index >= 15 is 0 Å². The zero-order valence-electron chi connectivity index (χ0n) is 27.6. The van der Waals surface area contributed by atoms with Gasteiger partial charge in [-0.05, 0) is 44.9 Å². The molecule has 6 N–H and O–H groups in total. The maximum absolute atomic E-state index is 14.9. The maximum atomic E-state index is 14.9. The monoisotopic (exact) mass is 695 g/mol. The Hall–Kier alpha value is -3.70. The number of carbonyl (C=O) groups is 2. The number of carbonyl (C=O) groups excluding carboxylic acids is 2. The summed E-state index contributed by atoms with van der Waals surface area (Å²) < 4.78 is 40.8. The Balaban J connectivity index is 1.16. The number of ether oxygens (including phenoxy) is 2. The molecule has 0 aliphatic carbocycles. The van der Waals surface area contributed by atoms with Gasteiger partial charge in [-0.1, -0.05) is 0 Å². The van der Waals surface area contributed by atoms with Crippen molar-refractivity contribution >= 4 is 17.8 Å². The number of benzene rings is 1.